The third kappa shape index (κ3) is 3.77. The van der Waals surface area contributed by atoms with Crippen molar-refractivity contribution in [2.45, 2.75) is 19.8 Å². The molecule has 3 heteroatoms. The van der Waals surface area contributed by atoms with Gasteiger partial charge in [-0.15, -0.1) is 0 Å². The number of ether oxygens (including phenoxy) is 1. The second-order valence-corrected chi connectivity index (χ2v) is 6.21. The molecule has 132 valence electrons. The van der Waals surface area contributed by atoms with E-state index in [9.17, 15) is 9.90 Å². The van der Waals surface area contributed by atoms with Gasteiger partial charge in [0.2, 0.25) is 0 Å². The summed E-state index contributed by atoms with van der Waals surface area (Å²) in [4.78, 5) is 12.0. The molecule has 0 aliphatic heterocycles. The van der Waals surface area contributed by atoms with Crippen molar-refractivity contribution < 1.29 is 14.6 Å². The number of esters is 1. The van der Waals surface area contributed by atoms with Gasteiger partial charge in [0.15, 0.2) is 0 Å². The molecule has 3 aromatic carbocycles. The van der Waals surface area contributed by atoms with E-state index in [-0.39, 0.29) is 17.9 Å². The first-order chi connectivity index (χ1) is 12.6. The van der Waals surface area contributed by atoms with Gasteiger partial charge in [-0.1, -0.05) is 67.6 Å². The summed E-state index contributed by atoms with van der Waals surface area (Å²) in [6.07, 6.45) is 0. The molecule has 0 radical (unpaired) electrons. The van der Waals surface area contributed by atoms with Gasteiger partial charge in [0.05, 0.1) is 6.61 Å². The lowest BCUT2D eigenvalue weighted by Crippen LogP contribution is -2.05. The highest BCUT2D eigenvalue weighted by atomic mass is 16.5. The van der Waals surface area contributed by atoms with Gasteiger partial charge in [-0.25, -0.2) is 4.79 Å². The highest BCUT2D eigenvalue weighted by molar-refractivity contribution is 5.94. The molecule has 0 saturated carbocycles. The summed E-state index contributed by atoms with van der Waals surface area (Å²) >= 11 is 0. The zero-order valence-corrected chi connectivity index (χ0v) is 15.0. The molecule has 1 unspecified atom stereocenters. The Bertz CT molecular complexity index is 883. The van der Waals surface area contributed by atoms with E-state index in [4.69, 9.17) is 4.74 Å². The Hall–Kier alpha value is -3.07. The summed E-state index contributed by atoms with van der Waals surface area (Å²) in [5, 5.41) is 9.92. The standard InChI is InChI=1S/C23H22O3/c1-3-26-23(25)21-15-20(13-14-22(21)24)19-11-9-18(10-12-19)16(2)17-7-5-4-6-8-17/h4-16,24H,3H2,1-2H3. The van der Waals surface area contributed by atoms with Crippen molar-refractivity contribution in [3.05, 3.63) is 89.5 Å². The molecule has 0 aliphatic rings. The maximum atomic E-state index is 12.0. The van der Waals surface area contributed by atoms with Crippen molar-refractivity contribution in [2.75, 3.05) is 6.61 Å². The quantitative estimate of drug-likeness (QED) is 0.630. The van der Waals surface area contributed by atoms with Gasteiger partial charge in [0.25, 0.3) is 0 Å². The summed E-state index contributed by atoms with van der Waals surface area (Å²) in [7, 11) is 0. The largest absolute Gasteiger partial charge is 0.507 e. The molecule has 1 atom stereocenters. The molecule has 0 spiro atoms. The van der Waals surface area contributed by atoms with Gasteiger partial charge in [0.1, 0.15) is 11.3 Å². The predicted molar refractivity (Wildman–Crippen MR) is 103 cm³/mol. The Morgan fingerprint density at radius 2 is 1.54 bits per heavy atom. The Kier molecular flexibility index (Phi) is 5.37. The highest BCUT2D eigenvalue weighted by Crippen LogP contribution is 2.29. The van der Waals surface area contributed by atoms with Crippen molar-refractivity contribution in [2.24, 2.45) is 0 Å². The molecule has 0 aromatic heterocycles. The lowest BCUT2D eigenvalue weighted by Gasteiger charge is -2.13. The van der Waals surface area contributed by atoms with Gasteiger partial charge in [-0.05, 0) is 41.3 Å². The molecule has 0 saturated heterocycles. The molecule has 3 nitrogen and oxygen atoms in total. The lowest BCUT2D eigenvalue weighted by molar-refractivity contribution is 0.0523. The molecule has 0 bridgehead atoms. The van der Waals surface area contributed by atoms with E-state index in [2.05, 4.69) is 31.2 Å². The maximum Gasteiger partial charge on any atom is 0.341 e. The van der Waals surface area contributed by atoms with Crippen LogP contribution in [-0.2, 0) is 4.74 Å². The smallest absolute Gasteiger partial charge is 0.341 e. The molecule has 26 heavy (non-hydrogen) atoms. The molecule has 0 heterocycles. The van der Waals surface area contributed by atoms with Gasteiger partial charge >= 0.3 is 5.97 Å². The van der Waals surface area contributed by atoms with Crippen molar-refractivity contribution in [1.82, 2.24) is 0 Å². The number of aromatic hydroxyl groups is 1. The van der Waals surface area contributed by atoms with Crippen LogP contribution in [0.2, 0.25) is 0 Å². The molecule has 0 aliphatic carbocycles. The molecule has 3 rings (SSSR count). The van der Waals surface area contributed by atoms with E-state index in [0.29, 0.717) is 5.92 Å². The highest BCUT2D eigenvalue weighted by Gasteiger charge is 2.14. The minimum absolute atomic E-state index is 0.0680. The van der Waals surface area contributed by atoms with E-state index < -0.39 is 5.97 Å². The monoisotopic (exact) mass is 346 g/mol. The maximum absolute atomic E-state index is 12.0. The van der Waals surface area contributed by atoms with Crippen LogP contribution in [-0.4, -0.2) is 17.7 Å². The molecule has 0 fully saturated rings. The summed E-state index contributed by atoms with van der Waals surface area (Å²) in [5.41, 5.74) is 4.54. The van der Waals surface area contributed by atoms with Crippen LogP contribution >= 0.6 is 0 Å². The minimum Gasteiger partial charge on any atom is -0.507 e. The van der Waals surface area contributed by atoms with Crippen LogP contribution < -0.4 is 0 Å². The van der Waals surface area contributed by atoms with Gasteiger partial charge < -0.3 is 9.84 Å². The van der Waals surface area contributed by atoms with Crippen LogP contribution in [0.15, 0.2) is 72.8 Å². The first-order valence-corrected chi connectivity index (χ1v) is 8.75. The Morgan fingerprint density at radius 3 is 2.19 bits per heavy atom. The Morgan fingerprint density at radius 1 is 0.923 bits per heavy atom. The number of phenolic OH excluding ortho intramolecular Hbond substituents is 1. The third-order valence-electron chi connectivity index (χ3n) is 4.54. The van der Waals surface area contributed by atoms with Crippen LogP contribution in [0, 0.1) is 0 Å². The Balaban J connectivity index is 1.87. The van der Waals surface area contributed by atoms with Crippen molar-refractivity contribution in [3.63, 3.8) is 0 Å². The molecule has 0 amide bonds. The molecular weight excluding hydrogens is 324 g/mol. The van der Waals surface area contributed by atoms with Gasteiger partial charge in [-0.2, -0.15) is 0 Å². The number of rotatable bonds is 5. The van der Waals surface area contributed by atoms with E-state index in [1.54, 1.807) is 19.1 Å². The number of benzene rings is 3. The summed E-state index contributed by atoms with van der Waals surface area (Å²) in [6.45, 7) is 4.20. The zero-order chi connectivity index (χ0) is 18.5. The molecule has 3 aromatic rings. The second kappa shape index (κ2) is 7.87. The van der Waals surface area contributed by atoms with E-state index in [0.717, 1.165) is 11.1 Å². The normalized spacial score (nSPS) is 11.8. The number of hydrogen-bond donors (Lipinski definition) is 1. The van der Waals surface area contributed by atoms with Gasteiger partial charge in [-0.3, -0.25) is 0 Å². The SMILES string of the molecule is CCOC(=O)c1cc(-c2ccc(C(C)c3ccccc3)cc2)ccc1O. The third-order valence-corrected chi connectivity index (χ3v) is 4.54. The van der Waals surface area contributed by atoms with Crippen LogP contribution in [0.3, 0.4) is 0 Å². The minimum atomic E-state index is -0.513. The zero-order valence-electron chi connectivity index (χ0n) is 15.0. The van der Waals surface area contributed by atoms with E-state index in [1.807, 2.05) is 30.3 Å². The fourth-order valence-corrected chi connectivity index (χ4v) is 2.99. The first kappa shape index (κ1) is 17.7. The van der Waals surface area contributed by atoms with E-state index in [1.165, 1.54) is 17.2 Å². The lowest BCUT2D eigenvalue weighted by atomic mass is 9.91. The number of phenols is 1. The average molecular weight is 346 g/mol. The molecule has 1 N–H and O–H groups in total. The predicted octanol–water partition coefficient (Wildman–Crippen LogP) is 5.39. The van der Waals surface area contributed by atoms with E-state index >= 15 is 0 Å². The fraction of sp³-hybridized carbons (Fsp3) is 0.174. The number of carbonyl (C=O) groups is 1. The van der Waals surface area contributed by atoms with Crippen LogP contribution in [0.5, 0.6) is 5.75 Å². The fourth-order valence-electron chi connectivity index (χ4n) is 2.99. The first-order valence-electron chi connectivity index (χ1n) is 8.75. The topological polar surface area (TPSA) is 46.5 Å². The van der Waals surface area contributed by atoms with Crippen LogP contribution in [0.1, 0.15) is 41.3 Å². The number of carbonyl (C=O) groups excluding carboxylic acids is 1. The second-order valence-electron chi connectivity index (χ2n) is 6.21. The number of hydrogen-bond acceptors (Lipinski definition) is 3. The summed E-state index contributed by atoms with van der Waals surface area (Å²) in [5.74, 6) is -0.275. The van der Waals surface area contributed by atoms with Crippen LogP contribution in [0.4, 0.5) is 0 Å². The summed E-state index contributed by atoms with van der Waals surface area (Å²) in [6, 6.07) is 23.7. The van der Waals surface area contributed by atoms with Crippen molar-refractivity contribution in [1.29, 1.82) is 0 Å². The average Bonchev–Trinajstić information content (AvgIpc) is 2.69. The molecular formula is C23H22O3. The van der Waals surface area contributed by atoms with Crippen LogP contribution in [0.25, 0.3) is 11.1 Å². The van der Waals surface area contributed by atoms with Crippen molar-refractivity contribution in [3.8, 4) is 16.9 Å². The Labute approximate surface area is 153 Å². The summed E-state index contributed by atoms with van der Waals surface area (Å²) < 4.78 is 5.00. The van der Waals surface area contributed by atoms with Gasteiger partial charge in [0, 0.05) is 5.92 Å². The van der Waals surface area contributed by atoms with Crippen molar-refractivity contribution >= 4 is 5.97 Å².